The predicted octanol–water partition coefficient (Wildman–Crippen LogP) is 2.45. The first-order chi connectivity index (χ1) is 6.45. The maximum Gasteiger partial charge on any atom is 0.0951 e. The summed E-state index contributed by atoms with van der Waals surface area (Å²) in [5.74, 6) is 0. The van der Waals surface area contributed by atoms with Gasteiger partial charge in [0.05, 0.1) is 6.10 Å². The van der Waals surface area contributed by atoms with Gasteiger partial charge in [0.2, 0.25) is 0 Å². The lowest BCUT2D eigenvalue weighted by atomic mass is 9.96. The van der Waals surface area contributed by atoms with E-state index in [2.05, 4.69) is 15.9 Å². The number of aliphatic hydroxyl groups is 1. The molecular formula is C11H16BrNO. The van der Waals surface area contributed by atoms with E-state index in [0.29, 0.717) is 0 Å². The highest BCUT2D eigenvalue weighted by molar-refractivity contribution is 9.10. The van der Waals surface area contributed by atoms with Crippen LogP contribution < -0.4 is 5.73 Å². The summed E-state index contributed by atoms with van der Waals surface area (Å²) in [6, 6.07) is 3.71. The summed E-state index contributed by atoms with van der Waals surface area (Å²) in [6.07, 6.45) is -0.607. The van der Waals surface area contributed by atoms with Gasteiger partial charge < -0.3 is 10.8 Å². The third kappa shape index (κ3) is 2.16. The molecule has 14 heavy (non-hydrogen) atoms. The molecule has 0 saturated carbocycles. The molecule has 0 heterocycles. The first kappa shape index (κ1) is 11.7. The number of halogens is 1. The number of rotatable bonds is 2. The Balaban J connectivity index is 3.25. The molecule has 1 rings (SSSR count). The van der Waals surface area contributed by atoms with E-state index < -0.39 is 6.10 Å². The van der Waals surface area contributed by atoms with Crippen LogP contribution in [0.1, 0.15) is 29.7 Å². The van der Waals surface area contributed by atoms with Crippen molar-refractivity contribution in [2.45, 2.75) is 32.9 Å². The molecule has 0 aliphatic carbocycles. The SMILES string of the molecule is Cc1ccc(Br)c(C(O)C(C)N)c1C. The van der Waals surface area contributed by atoms with Crippen molar-refractivity contribution < 1.29 is 5.11 Å². The first-order valence-electron chi connectivity index (χ1n) is 4.64. The van der Waals surface area contributed by atoms with Crippen molar-refractivity contribution in [3.05, 3.63) is 33.3 Å². The molecule has 0 aliphatic rings. The van der Waals surface area contributed by atoms with Gasteiger partial charge in [-0.2, -0.15) is 0 Å². The maximum atomic E-state index is 9.93. The molecule has 0 amide bonds. The minimum atomic E-state index is -0.607. The Hall–Kier alpha value is -0.380. The van der Waals surface area contributed by atoms with Crippen molar-refractivity contribution in [3.8, 4) is 0 Å². The van der Waals surface area contributed by atoms with Gasteiger partial charge >= 0.3 is 0 Å². The van der Waals surface area contributed by atoms with Gasteiger partial charge in [-0.15, -0.1) is 0 Å². The third-order valence-corrected chi connectivity index (χ3v) is 3.22. The van der Waals surface area contributed by atoms with E-state index in [1.165, 1.54) is 5.56 Å². The molecule has 0 fully saturated rings. The van der Waals surface area contributed by atoms with Gasteiger partial charge in [-0.05, 0) is 43.5 Å². The molecule has 0 bridgehead atoms. The fourth-order valence-corrected chi connectivity index (χ4v) is 2.09. The quantitative estimate of drug-likeness (QED) is 0.855. The summed E-state index contributed by atoms with van der Waals surface area (Å²) in [5.41, 5.74) is 8.86. The first-order valence-corrected chi connectivity index (χ1v) is 5.43. The van der Waals surface area contributed by atoms with Crippen molar-refractivity contribution in [1.29, 1.82) is 0 Å². The molecule has 2 nitrogen and oxygen atoms in total. The number of hydrogen-bond acceptors (Lipinski definition) is 2. The molecular weight excluding hydrogens is 242 g/mol. The Morgan fingerprint density at radius 2 is 1.93 bits per heavy atom. The van der Waals surface area contributed by atoms with Crippen LogP contribution in [0, 0.1) is 13.8 Å². The Morgan fingerprint density at radius 1 is 1.36 bits per heavy atom. The Kier molecular flexibility index (Phi) is 3.70. The fraction of sp³-hybridized carbons (Fsp3) is 0.455. The van der Waals surface area contributed by atoms with Crippen molar-refractivity contribution in [2.24, 2.45) is 5.73 Å². The number of hydrogen-bond donors (Lipinski definition) is 2. The highest BCUT2D eigenvalue weighted by Gasteiger charge is 2.18. The monoisotopic (exact) mass is 257 g/mol. The highest BCUT2D eigenvalue weighted by atomic mass is 79.9. The van der Waals surface area contributed by atoms with Gasteiger partial charge in [0.1, 0.15) is 0 Å². The zero-order valence-corrected chi connectivity index (χ0v) is 10.3. The molecule has 0 aliphatic heterocycles. The summed E-state index contributed by atoms with van der Waals surface area (Å²) in [4.78, 5) is 0. The number of aliphatic hydroxyl groups excluding tert-OH is 1. The van der Waals surface area contributed by atoms with Crippen LogP contribution >= 0.6 is 15.9 Å². The van der Waals surface area contributed by atoms with Crippen LogP contribution in [-0.4, -0.2) is 11.1 Å². The second kappa shape index (κ2) is 4.43. The zero-order chi connectivity index (χ0) is 10.9. The van der Waals surface area contributed by atoms with Crippen LogP contribution in [0.3, 0.4) is 0 Å². The molecule has 78 valence electrons. The fourth-order valence-electron chi connectivity index (χ4n) is 1.43. The second-order valence-corrected chi connectivity index (χ2v) is 4.56. The smallest absolute Gasteiger partial charge is 0.0951 e. The standard InChI is InChI=1S/C11H16BrNO/c1-6-4-5-9(12)10(7(6)2)11(14)8(3)13/h4-5,8,11,14H,13H2,1-3H3. The topological polar surface area (TPSA) is 46.2 Å². The molecule has 3 heteroatoms. The summed E-state index contributed by atoms with van der Waals surface area (Å²) in [5, 5.41) is 9.93. The minimum Gasteiger partial charge on any atom is -0.387 e. The lowest BCUT2D eigenvalue weighted by Crippen LogP contribution is -2.25. The maximum absolute atomic E-state index is 9.93. The van der Waals surface area contributed by atoms with Crippen LogP contribution in [0.25, 0.3) is 0 Å². The molecule has 1 aromatic rings. The Bertz CT molecular complexity index is 336. The van der Waals surface area contributed by atoms with Gasteiger partial charge in [-0.25, -0.2) is 0 Å². The van der Waals surface area contributed by atoms with E-state index in [4.69, 9.17) is 5.73 Å². The van der Waals surface area contributed by atoms with Crippen LogP contribution in [0.4, 0.5) is 0 Å². The van der Waals surface area contributed by atoms with Crippen LogP contribution in [0.2, 0.25) is 0 Å². The molecule has 2 atom stereocenters. The Labute approximate surface area is 93.3 Å². The van der Waals surface area contributed by atoms with Crippen LogP contribution in [-0.2, 0) is 0 Å². The normalized spacial score (nSPS) is 15.3. The summed E-state index contributed by atoms with van der Waals surface area (Å²) in [6.45, 7) is 5.83. The molecule has 0 saturated heterocycles. The zero-order valence-electron chi connectivity index (χ0n) is 8.71. The average Bonchev–Trinajstić information content (AvgIpc) is 2.12. The van der Waals surface area contributed by atoms with E-state index >= 15 is 0 Å². The Morgan fingerprint density at radius 3 is 2.43 bits per heavy atom. The molecule has 2 unspecified atom stereocenters. The summed E-state index contributed by atoms with van der Waals surface area (Å²) in [7, 11) is 0. The van der Waals surface area contributed by atoms with Crippen LogP contribution in [0.15, 0.2) is 16.6 Å². The average molecular weight is 258 g/mol. The lowest BCUT2D eigenvalue weighted by molar-refractivity contribution is 0.152. The largest absolute Gasteiger partial charge is 0.387 e. The molecule has 3 N–H and O–H groups in total. The van der Waals surface area contributed by atoms with Crippen LogP contribution in [0.5, 0.6) is 0 Å². The summed E-state index contributed by atoms with van der Waals surface area (Å²) >= 11 is 3.43. The predicted molar refractivity (Wildman–Crippen MR) is 62.2 cm³/mol. The molecule has 1 aromatic carbocycles. The lowest BCUT2D eigenvalue weighted by Gasteiger charge is -2.20. The van der Waals surface area contributed by atoms with Gasteiger partial charge in [-0.1, -0.05) is 22.0 Å². The van der Waals surface area contributed by atoms with E-state index in [-0.39, 0.29) is 6.04 Å². The number of aryl methyl sites for hydroxylation is 1. The number of benzene rings is 1. The highest BCUT2D eigenvalue weighted by Crippen LogP contribution is 2.30. The summed E-state index contributed by atoms with van der Waals surface area (Å²) < 4.78 is 0.922. The van der Waals surface area contributed by atoms with E-state index in [0.717, 1.165) is 15.6 Å². The van der Waals surface area contributed by atoms with Crippen molar-refractivity contribution in [1.82, 2.24) is 0 Å². The minimum absolute atomic E-state index is 0.258. The van der Waals surface area contributed by atoms with Crippen molar-refractivity contribution in [3.63, 3.8) is 0 Å². The molecule has 0 spiro atoms. The van der Waals surface area contributed by atoms with Gasteiger partial charge in [-0.3, -0.25) is 0 Å². The van der Waals surface area contributed by atoms with Gasteiger partial charge in [0.25, 0.3) is 0 Å². The van der Waals surface area contributed by atoms with Gasteiger partial charge in [0, 0.05) is 10.5 Å². The van der Waals surface area contributed by atoms with E-state index in [1.807, 2.05) is 26.0 Å². The van der Waals surface area contributed by atoms with E-state index in [1.54, 1.807) is 6.92 Å². The van der Waals surface area contributed by atoms with Crippen molar-refractivity contribution >= 4 is 15.9 Å². The van der Waals surface area contributed by atoms with E-state index in [9.17, 15) is 5.11 Å². The molecule has 0 aromatic heterocycles. The van der Waals surface area contributed by atoms with Gasteiger partial charge in [0.15, 0.2) is 0 Å². The second-order valence-electron chi connectivity index (χ2n) is 3.71. The number of nitrogens with two attached hydrogens (primary N) is 1. The molecule has 0 radical (unpaired) electrons. The van der Waals surface area contributed by atoms with Crippen molar-refractivity contribution in [2.75, 3.05) is 0 Å². The third-order valence-electron chi connectivity index (χ3n) is 2.53.